The summed E-state index contributed by atoms with van der Waals surface area (Å²) in [5.41, 5.74) is 0. The summed E-state index contributed by atoms with van der Waals surface area (Å²) in [4.78, 5) is 0. The minimum atomic E-state index is -2.05. The van der Waals surface area contributed by atoms with Crippen LogP contribution in [-0.2, 0) is 4.74 Å². The Morgan fingerprint density at radius 1 is 1.50 bits per heavy atom. The van der Waals surface area contributed by atoms with E-state index in [1.807, 2.05) is 0 Å². The van der Waals surface area contributed by atoms with Gasteiger partial charge in [0, 0.05) is 0 Å². The minimum absolute atomic E-state index is 0.0719. The molecule has 0 radical (unpaired) electrons. The number of rotatable bonds is 5. The van der Waals surface area contributed by atoms with Gasteiger partial charge in [0.15, 0.2) is 5.76 Å². The fourth-order valence-corrected chi connectivity index (χ4v) is 0.507. The molecule has 4 heteroatoms. The molecule has 1 unspecified atom stereocenters. The number of ether oxygens (including phenoxy) is 1. The van der Waals surface area contributed by atoms with E-state index in [1.54, 1.807) is 0 Å². The van der Waals surface area contributed by atoms with Gasteiger partial charge < -0.3 is 9.84 Å². The molecule has 12 heavy (non-hydrogen) atoms. The summed E-state index contributed by atoms with van der Waals surface area (Å²) in [6.07, 6.45) is -1.25. The molecule has 0 amide bonds. The molecule has 2 nitrogen and oxygen atoms in total. The van der Waals surface area contributed by atoms with Crippen molar-refractivity contribution >= 4 is 0 Å². The molecule has 0 aromatic carbocycles. The third-order valence-corrected chi connectivity index (χ3v) is 1.03. The van der Waals surface area contributed by atoms with Crippen molar-refractivity contribution < 1.29 is 18.6 Å². The Labute approximate surface area is 69.5 Å². The number of aliphatic hydroxyl groups excluding tert-OH is 1. The van der Waals surface area contributed by atoms with Crippen LogP contribution in [0.5, 0.6) is 0 Å². The van der Waals surface area contributed by atoms with Crippen LogP contribution < -0.4 is 0 Å². The quantitative estimate of drug-likeness (QED) is 0.511. The van der Waals surface area contributed by atoms with Gasteiger partial charge in [-0.2, -0.15) is 8.78 Å². The third-order valence-electron chi connectivity index (χ3n) is 1.03. The first-order chi connectivity index (χ1) is 5.63. The maximum absolute atomic E-state index is 12.0. The highest BCUT2D eigenvalue weighted by molar-refractivity contribution is 5.07. The van der Waals surface area contributed by atoms with Gasteiger partial charge in [-0.05, 0) is 0 Å². The molecule has 68 valence electrons. The topological polar surface area (TPSA) is 29.5 Å². The van der Waals surface area contributed by atoms with Gasteiger partial charge in [0.05, 0.1) is 0 Å². The number of halogens is 2. The maximum atomic E-state index is 12.0. The van der Waals surface area contributed by atoms with Crippen molar-refractivity contribution in [3.63, 3.8) is 0 Å². The molecular formula is C8H10F2O2. The summed E-state index contributed by atoms with van der Waals surface area (Å²) >= 11 is 0. The van der Waals surface area contributed by atoms with E-state index in [1.165, 1.54) is 6.08 Å². The first-order valence-corrected chi connectivity index (χ1v) is 3.23. The summed E-state index contributed by atoms with van der Waals surface area (Å²) in [6, 6.07) is 0. The van der Waals surface area contributed by atoms with E-state index in [4.69, 9.17) is 5.11 Å². The molecule has 0 bridgehead atoms. The molecule has 0 fully saturated rings. The van der Waals surface area contributed by atoms with Gasteiger partial charge >= 0.3 is 6.08 Å². The van der Waals surface area contributed by atoms with E-state index < -0.39 is 17.9 Å². The van der Waals surface area contributed by atoms with Gasteiger partial charge in [0.25, 0.3) is 0 Å². The Kier molecular flexibility index (Phi) is 4.96. The lowest BCUT2D eigenvalue weighted by Gasteiger charge is -2.09. The second-order valence-electron chi connectivity index (χ2n) is 1.90. The Hall–Kier alpha value is -1.16. The molecule has 0 heterocycles. The normalized spacial score (nSPS) is 11.6. The van der Waals surface area contributed by atoms with Gasteiger partial charge in [-0.15, -0.1) is 6.58 Å². The van der Waals surface area contributed by atoms with Gasteiger partial charge in [-0.3, -0.25) is 0 Å². The Morgan fingerprint density at radius 2 is 2.08 bits per heavy atom. The smallest absolute Gasteiger partial charge is 0.310 e. The Bertz CT molecular complexity index is 195. The van der Waals surface area contributed by atoms with Crippen LogP contribution in [0.4, 0.5) is 8.78 Å². The van der Waals surface area contributed by atoms with Crippen molar-refractivity contribution in [2.24, 2.45) is 0 Å². The Balaban J connectivity index is 4.34. The zero-order chi connectivity index (χ0) is 9.56. The standard InChI is InChI=1S/C8H10F2O2/c1-3-5-12-7(8(9)10)6(11)4-2/h3-4,6,11H,1-2,5H2. The van der Waals surface area contributed by atoms with E-state index >= 15 is 0 Å². The van der Waals surface area contributed by atoms with E-state index in [-0.39, 0.29) is 6.61 Å². The molecule has 0 rings (SSSR count). The lowest BCUT2D eigenvalue weighted by atomic mass is 10.3. The average molecular weight is 176 g/mol. The second-order valence-corrected chi connectivity index (χ2v) is 1.90. The SMILES string of the molecule is C=CCOC(=C(F)F)C(O)C=C. The fraction of sp³-hybridized carbons (Fsp3) is 0.250. The highest BCUT2D eigenvalue weighted by Gasteiger charge is 2.14. The van der Waals surface area contributed by atoms with Gasteiger partial charge in [-0.1, -0.05) is 18.7 Å². The van der Waals surface area contributed by atoms with Crippen LogP contribution in [0.2, 0.25) is 0 Å². The highest BCUT2D eigenvalue weighted by atomic mass is 19.3. The molecule has 0 aromatic rings. The third kappa shape index (κ3) is 3.30. The van der Waals surface area contributed by atoms with E-state index in [0.717, 1.165) is 6.08 Å². The van der Waals surface area contributed by atoms with Crippen LogP contribution in [-0.4, -0.2) is 17.8 Å². The van der Waals surface area contributed by atoms with Crippen molar-refractivity contribution in [3.05, 3.63) is 37.1 Å². The molecular weight excluding hydrogens is 166 g/mol. The molecule has 1 atom stereocenters. The predicted octanol–water partition coefficient (Wildman–Crippen LogP) is 1.84. The zero-order valence-electron chi connectivity index (χ0n) is 6.46. The first-order valence-electron chi connectivity index (χ1n) is 3.23. The average Bonchev–Trinajstić information content (AvgIpc) is 2.04. The molecule has 0 aliphatic heterocycles. The summed E-state index contributed by atoms with van der Waals surface area (Å²) < 4.78 is 28.4. The van der Waals surface area contributed by atoms with Gasteiger partial charge in [0.1, 0.15) is 12.7 Å². The van der Waals surface area contributed by atoms with Crippen molar-refractivity contribution in [2.45, 2.75) is 6.10 Å². The van der Waals surface area contributed by atoms with Crippen LogP contribution in [0.25, 0.3) is 0 Å². The van der Waals surface area contributed by atoms with E-state index in [9.17, 15) is 8.78 Å². The molecule has 0 spiro atoms. The molecule has 0 aliphatic carbocycles. The summed E-state index contributed by atoms with van der Waals surface area (Å²) in [7, 11) is 0. The molecule has 0 saturated carbocycles. The molecule has 0 aromatic heterocycles. The van der Waals surface area contributed by atoms with Crippen molar-refractivity contribution in [1.29, 1.82) is 0 Å². The fourth-order valence-electron chi connectivity index (χ4n) is 0.507. The van der Waals surface area contributed by atoms with Crippen molar-refractivity contribution in [3.8, 4) is 0 Å². The predicted molar refractivity (Wildman–Crippen MR) is 41.6 cm³/mol. The van der Waals surface area contributed by atoms with Crippen molar-refractivity contribution in [2.75, 3.05) is 6.61 Å². The number of hydrogen-bond donors (Lipinski definition) is 1. The first kappa shape index (κ1) is 10.8. The Morgan fingerprint density at radius 3 is 2.42 bits per heavy atom. The van der Waals surface area contributed by atoms with E-state index in [2.05, 4.69) is 17.9 Å². The summed E-state index contributed by atoms with van der Waals surface area (Å²) in [6.45, 7) is 6.35. The lowest BCUT2D eigenvalue weighted by molar-refractivity contribution is 0.123. The zero-order valence-corrected chi connectivity index (χ0v) is 6.46. The minimum Gasteiger partial charge on any atom is -0.485 e. The van der Waals surface area contributed by atoms with Crippen LogP contribution in [0.15, 0.2) is 37.1 Å². The van der Waals surface area contributed by atoms with Gasteiger partial charge in [-0.25, -0.2) is 0 Å². The van der Waals surface area contributed by atoms with Crippen LogP contribution in [0.1, 0.15) is 0 Å². The number of hydrogen-bond acceptors (Lipinski definition) is 2. The highest BCUT2D eigenvalue weighted by Crippen LogP contribution is 2.14. The molecule has 1 N–H and O–H groups in total. The lowest BCUT2D eigenvalue weighted by Crippen LogP contribution is -2.10. The van der Waals surface area contributed by atoms with Crippen LogP contribution in [0, 0.1) is 0 Å². The van der Waals surface area contributed by atoms with E-state index in [0.29, 0.717) is 0 Å². The van der Waals surface area contributed by atoms with Crippen molar-refractivity contribution in [1.82, 2.24) is 0 Å². The summed E-state index contributed by atoms with van der Waals surface area (Å²) in [5.74, 6) is -0.773. The maximum Gasteiger partial charge on any atom is 0.310 e. The number of aliphatic hydroxyl groups is 1. The van der Waals surface area contributed by atoms with Crippen LogP contribution in [0.3, 0.4) is 0 Å². The molecule has 0 aliphatic rings. The largest absolute Gasteiger partial charge is 0.485 e. The van der Waals surface area contributed by atoms with Gasteiger partial charge in [0.2, 0.25) is 0 Å². The second kappa shape index (κ2) is 5.49. The van der Waals surface area contributed by atoms with Crippen LogP contribution >= 0.6 is 0 Å². The summed E-state index contributed by atoms with van der Waals surface area (Å²) in [5, 5.41) is 8.90. The molecule has 0 saturated heterocycles. The monoisotopic (exact) mass is 176 g/mol.